The number of nitrogens with zero attached hydrogens (tertiary/aromatic N) is 2. The molecule has 0 saturated carbocycles. The van der Waals surface area contributed by atoms with Crippen LogP contribution in [0.3, 0.4) is 0 Å². The maximum atomic E-state index is 13.4. The van der Waals surface area contributed by atoms with Crippen molar-refractivity contribution in [2.75, 3.05) is 5.32 Å². The van der Waals surface area contributed by atoms with Crippen LogP contribution >= 0.6 is 11.8 Å². The molecule has 0 spiro atoms. The van der Waals surface area contributed by atoms with Gasteiger partial charge in [0.05, 0.1) is 22.7 Å². The third-order valence-corrected chi connectivity index (χ3v) is 6.95. The molecule has 4 rings (SSSR count). The molecule has 1 atom stereocenters. The predicted molar refractivity (Wildman–Crippen MR) is 141 cm³/mol. The van der Waals surface area contributed by atoms with Gasteiger partial charge in [-0.3, -0.25) is 14.2 Å². The van der Waals surface area contributed by atoms with E-state index in [2.05, 4.69) is 17.4 Å². The first kappa shape index (κ1) is 23.8. The lowest BCUT2D eigenvalue weighted by molar-refractivity contribution is -0.115. The van der Waals surface area contributed by atoms with Gasteiger partial charge in [0.1, 0.15) is 0 Å². The van der Waals surface area contributed by atoms with Gasteiger partial charge < -0.3 is 5.32 Å². The average Bonchev–Trinajstić information content (AvgIpc) is 2.80. The predicted octanol–water partition coefficient (Wildman–Crippen LogP) is 5.80. The van der Waals surface area contributed by atoms with Crippen LogP contribution in [0.15, 0.2) is 70.6 Å². The Hall–Kier alpha value is -3.38. The summed E-state index contributed by atoms with van der Waals surface area (Å²) in [5, 5.41) is 3.73. The van der Waals surface area contributed by atoms with Crippen LogP contribution in [0, 0.1) is 27.7 Å². The molecule has 5 nitrogen and oxygen atoms in total. The van der Waals surface area contributed by atoms with Crippen molar-refractivity contribution in [1.29, 1.82) is 0 Å². The number of aromatic nitrogens is 2. The van der Waals surface area contributed by atoms with Gasteiger partial charge in [-0.25, -0.2) is 4.98 Å². The summed E-state index contributed by atoms with van der Waals surface area (Å²) >= 11 is 1.30. The standard InChI is InChI=1S/C28H29N3O2S/c1-17-10-12-22(13-11-17)16-31-27(33)23-8-6-7-9-24(23)29-28(31)34-21(5)26(32)30-25-19(3)14-18(2)15-20(25)4/h6-15,21H,16H2,1-5H3,(H,30,32). The molecule has 0 aliphatic heterocycles. The number of benzene rings is 3. The van der Waals surface area contributed by atoms with E-state index in [4.69, 9.17) is 4.98 Å². The lowest BCUT2D eigenvalue weighted by Crippen LogP contribution is -2.27. The Kier molecular flexibility index (Phi) is 6.89. The minimum Gasteiger partial charge on any atom is -0.325 e. The van der Waals surface area contributed by atoms with Crippen LogP contribution in [-0.2, 0) is 11.3 Å². The smallest absolute Gasteiger partial charge is 0.262 e. The van der Waals surface area contributed by atoms with Crippen molar-refractivity contribution in [3.63, 3.8) is 0 Å². The summed E-state index contributed by atoms with van der Waals surface area (Å²) in [5.74, 6) is -0.121. The van der Waals surface area contributed by atoms with Crippen molar-refractivity contribution < 1.29 is 4.79 Å². The Labute approximate surface area is 204 Å². The molecule has 0 bridgehead atoms. The summed E-state index contributed by atoms with van der Waals surface area (Å²) in [6.45, 7) is 10.3. The summed E-state index contributed by atoms with van der Waals surface area (Å²) in [7, 11) is 0. The zero-order valence-electron chi connectivity index (χ0n) is 20.2. The normalized spacial score (nSPS) is 12.0. The molecule has 1 unspecified atom stereocenters. The quantitative estimate of drug-likeness (QED) is 0.285. The fourth-order valence-corrected chi connectivity index (χ4v) is 4.97. The molecule has 1 aromatic heterocycles. The molecule has 0 radical (unpaired) electrons. The highest BCUT2D eigenvalue weighted by Gasteiger charge is 2.21. The molecule has 3 aromatic carbocycles. The van der Waals surface area contributed by atoms with Crippen LogP contribution in [0.1, 0.15) is 34.7 Å². The summed E-state index contributed by atoms with van der Waals surface area (Å²) in [6.07, 6.45) is 0. The number of fused-ring (bicyclic) bond motifs is 1. The summed E-state index contributed by atoms with van der Waals surface area (Å²) in [5.41, 5.74) is 6.76. The molecule has 0 fully saturated rings. The lowest BCUT2D eigenvalue weighted by Gasteiger charge is -2.18. The van der Waals surface area contributed by atoms with Crippen molar-refractivity contribution in [2.24, 2.45) is 0 Å². The van der Waals surface area contributed by atoms with E-state index in [-0.39, 0.29) is 11.5 Å². The molecular formula is C28H29N3O2S. The van der Waals surface area contributed by atoms with E-state index < -0.39 is 5.25 Å². The van der Waals surface area contributed by atoms with Gasteiger partial charge in [-0.05, 0) is 63.4 Å². The first-order valence-electron chi connectivity index (χ1n) is 11.3. The maximum Gasteiger partial charge on any atom is 0.262 e. The highest BCUT2D eigenvalue weighted by atomic mass is 32.2. The topological polar surface area (TPSA) is 64.0 Å². The number of amides is 1. The maximum absolute atomic E-state index is 13.4. The number of hydrogen-bond acceptors (Lipinski definition) is 4. The zero-order valence-corrected chi connectivity index (χ0v) is 21.0. The average molecular weight is 472 g/mol. The molecule has 1 N–H and O–H groups in total. The second-order valence-corrected chi connectivity index (χ2v) is 10.1. The van der Waals surface area contributed by atoms with Crippen LogP contribution in [0.2, 0.25) is 0 Å². The van der Waals surface area contributed by atoms with Crippen molar-refractivity contribution in [1.82, 2.24) is 9.55 Å². The third kappa shape index (κ3) is 5.07. The number of nitrogens with one attached hydrogen (secondary N) is 1. The number of anilines is 1. The van der Waals surface area contributed by atoms with E-state index in [1.54, 1.807) is 10.6 Å². The van der Waals surface area contributed by atoms with Crippen LogP contribution in [-0.4, -0.2) is 20.7 Å². The number of hydrogen-bond donors (Lipinski definition) is 1. The second-order valence-electron chi connectivity index (χ2n) is 8.81. The van der Waals surface area contributed by atoms with E-state index in [1.807, 2.05) is 77.1 Å². The highest BCUT2D eigenvalue weighted by Crippen LogP contribution is 2.27. The van der Waals surface area contributed by atoms with E-state index in [1.165, 1.54) is 11.8 Å². The van der Waals surface area contributed by atoms with Gasteiger partial charge in [0.2, 0.25) is 5.91 Å². The summed E-state index contributed by atoms with van der Waals surface area (Å²) in [6, 6.07) is 19.6. The first-order chi connectivity index (χ1) is 16.2. The van der Waals surface area contributed by atoms with Gasteiger partial charge >= 0.3 is 0 Å². The van der Waals surface area contributed by atoms with Crippen molar-refractivity contribution in [3.8, 4) is 0 Å². The largest absolute Gasteiger partial charge is 0.325 e. The van der Waals surface area contributed by atoms with Crippen molar-refractivity contribution in [3.05, 3.63) is 98.8 Å². The number of rotatable bonds is 6. The van der Waals surface area contributed by atoms with Crippen LogP contribution < -0.4 is 10.9 Å². The monoisotopic (exact) mass is 471 g/mol. The molecule has 0 saturated heterocycles. The van der Waals surface area contributed by atoms with E-state index in [0.29, 0.717) is 22.6 Å². The molecule has 0 aliphatic carbocycles. The molecule has 6 heteroatoms. The summed E-state index contributed by atoms with van der Waals surface area (Å²) in [4.78, 5) is 31.3. The number of thioether (sulfide) groups is 1. The van der Waals surface area contributed by atoms with Gasteiger partial charge in [0.25, 0.3) is 5.56 Å². The second kappa shape index (κ2) is 9.85. The van der Waals surface area contributed by atoms with E-state index in [0.717, 1.165) is 33.5 Å². The van der Waals surface area contributed by atoms with Crippen molar-refractivity contribution in [2.45, 2.75) is 51.6 Å². The highest BCUT2D eigenvalue weighted by molar-refractivity contribution is 8.00. The van der Waals surface area contributed by atoms with Crippen LogP contribution in [0.25, 0.3) is 10.9 Å². The van der Waals surface area contributed by atoms with Crippen molar-refractivity contribution >= 4 is 34.3 Å². The zero-order chi connectivity index (χ0) is 24.4. The fourth-order valence-electron chi connectivity index (χ4n) is 4.07. The Balaban J connectivity index is 1.66. The van der Waals surface area contributed by atoms with Crippen LogP contribution in [0.4, 0.5) is 5.69 Å². The molecule has 34 heavy (non-hydrogen) atoms. The first-order valence-corrected chi connectivity index (χ1v) is 12.2. The number of carbonyl (C=O) groups excluding carboxylic acids is 1. The molecule has 0 aliphatic rings. The molecular weight excluding hydrogens is 442 g/mol. The molecule has 4 aromatic rings. The fraction of sp³-hybridized carbons (Fsp3) is 0.250. The van der Waals surface area contributed by atoms with Gasteiger partial charge in [0.15, 0.2) is 5.16 Å². The van der Waals surface area contributed by atoms with Gasteiger partial charge in [-0.1, -0.05) is 71.4 Å². The van der Waals surface area contributed by atoms with E-state index in [9.17, 15) is 9.59 Å². The molecule has 174 valence electrons. The number of aryl methyl sites for hydroxylation is 4. The third-order valence-electron chi connectivity index (χ3n) is 5.86. The molecule has 1 heterocycles. The van der Waals surface area contributed by atoms with Gasteiger partial charge in [0, 0.05) is 5.69 Å². The van der Waals surface area contributed by atoms with Gasteiger partial charge in [-0.2, -0.15) is 0 Å². The number of para-hydroxylation sites is 1. The van der Waals surface area contributed by atoms with E-state index >= 15 is 0 Å². The van der Waals surface area contributed by atoms with Gasteiger partial charge in [-0.15, -0.1) is 0 Å². The van der Waals surface area contributed by atoms with Crippen LogP contribution in [0.5, 0.6) is 0 Å². The summed E-state index contributed by atoms with van der Waals surface area (Å²) < 4.78 is 1.67. The Morgan fingerprint density at radius 1 is 0.971 bits per heavy atom. The molecule has 1 amide bonds. The lowest BCUT2D eigenvalue weighted by atomic mass is 10.1. The Bertz CT molecular complexity index is 1400. The minimum absolute atomic E-state index is 0.105. The minimum atomic E-state index is -0.447. The Morgan fingerprint density at radius 3 is 2.29 bits per heavy atom. The number of carbonyl (C=O) groups is 1. The Morgan fingerprint density at radius 2 is 1.62 bits per heavy atom. The SMILES string of the molecule is Cc1ccc(Cn2c(SC(C)C(=O)Nc3c(C)cc(C)cc3C)nc3ccccc3c2=O)cc1.